The third-order valence-electron chi connectivity index (χ3n) is 6.51. The van der Waals surface area contributed by atoms with Crippen molar-refractivity contribution in [2.45, 2.75) is 25.8 Å². The Balaban J connectivity index is 1.40. The zero-order chi connectivity index (χ0) is 25.2. The van der Waals surface area contributed by atoms with E-state index in [4.69, 9.17) is 4.74 Å². The van der Waals surface area contributed by atoms with E-state index >= 15 is 0 Å². The van der Waals surface area contributed by atoms with Crippen molar-refractivity contribution in [2.75, 3.05) is 32.1 Å². The number of aromatic nitrogens is 3. The van der Waals surface area contributed by atoms with E-state index in [1.807, 2.05) is 6.07 Å². The molecule has 2 aromatic heterocycles. The van der Waals surface area contributed by atoms with Gasteiger partial charge in [0.05, 0.1) is 29.4 Å². The monoisotopic (exact) mass is 491 g/mol. The second-order valence-electron chi connectivity index (χ2n) is 8.99. The minimum Gasteiger partial charge on any atom is -0.495 e. The fourth-order valence-corrected chi connectivity index (χ4v) is 4.63. The van der Waals surface area contributed by atoms with Crippen LogP contribution in [-0.4, -0.2) is 52.6 Å². The van der Waals surface area contributed by atoms with E-state index in [1.54, 1.807) is 31.5 Å². The van der Waals surface area contributed by atoms with Crippen molar-refractivity contribution in [1.29, 1.82) is 0 Å². The Morgan fingerprint density at radius 3 is 2.64 bits per heavy atom. The number of nitrogens with one attached hydrogen (secondary N) is 2. The molecule has 0 amide bonds. The van der Waals surface area contributed by atoms with Crippen LogP contribution in [0.2, 0.25) is 0 Å². The highest BCUT2D eigenvalue weighted by atomic mass is 19.1. The number of rotatable bonds is 7. The molecule has 1 aliphatic heterocycles. The first-order valence-corrected chi connectivity index (χ1v) is 11.9. The van der Waals surface area contributed by atoms with Crippen LogP contribution in [0.5, 0.6) is 5.75 Å². The molecule has 9 heteroatoms. The predicted molar refractivity (Wildman–Crippen MR) is 135 cm³/mol. The van der Waals surface area contributed by atoms with Gasteiger partial charge in [-0.2, -0.15) is 0 Å². The van der Waals surface area contributed by atoms with Crippen LogP contribution in [-0.2, 0) is 6.42 Å². The van der Waals surface area contributed by atoms with Crippen LogP contribution in [0.25, 0.3) is 22.2 Å². The van der Waals surface area contributed by atoms with Gasteiger partial charge in [-0.15, -0.1) is 0 Å². The lowest BCUT2D eigenvalue weighted by Crippen LogP contribution is -2.26. The molecule has 0 saturated carbocycles. The van der Waals surface area contributed by atoms with Gasteiger partial charge in [0.2, 0.25) is 0 Å². The summed E-state index contributed by atoms with van der Waals surface area (Å²) in [5.41, 5.74) is 2.74. The van der Waals surface area contributed by atoms with Crippen molar-refractivity contribution in [3.8, 4) is 17.0 Å². The number of nitrogens with zero attached hydrogens (tertiary/aromatic N) is 3. The Morgan fingerprint density at radius 2 is 1.97 bits per heavy atom. The first-order valence-electron chi connectivity index (χ1n) is 11.9. The molecule has 0 aliphatic carbocycles. The van der Waals surface area contributed by atoms with Crippen molar-refractivity contribution < 1.29 is 13.5 Å². The maximum Gasteiger partial charge on any atom is 0.258 e. The molecule has 2 aromatic carbocycles. The molecule has 1 fully saturated rings. The van der Waals surface area contributed by atoms with Gasteiger partial charge in [-0.05, 0) is 48.9 Å². The Bertz CT molecular complexity index is 1440. The lowest BCUT2D eigenvalue weighted by atomic mass is 10.1. The van der Waals surface area contributed by atoms with Crippen LogP contribution >= 0.6 is 0 Å². The summed E-state index contributed by atoms with van der Waals surface area (Å²) in [7, 11) is 1.59. The number of hydrogen-bond acceptors (Lipinski definition) is 6. The number of methoxy groups -OCH3 is 1. The van der Waals surface area contributed by atoms with Gasteiger partial charge < -0.3 is 19.9 Å². The summed E-state index contributed by atoms with van der Waals surface area (Å²) in [5, 5.41) is 4.00. The Hall–Kier alpha value is -3.85. The van der Waals surface area contributed by atoms with Crippen molar-refractivity contribution in [2.24, 2.45) is 0 Å². The molecule has 0 bridgehead atoms. The molecule has 5 rings (SSSR count). The molecule has 0 radical (unpaired) electrons. The van der Waals surface area contributed by atoms with Crippen LogP contribution in [0, 0.1) is 11.6 Å². The summed E-state index contributed by atoms with van der Waals surface area (Å²) < 4.78 is 32.6. The van der Waals surface area contributed by atoms with Crippen molar-refractivity contribution in [3.63, 3.8) is 0 Å². The highest BCUT2D eigenvalue weighted by Crippen LogP contribution is 2.30. The quantitative estimate of drug-likeness (QED) is 0.400. The molecule has 4 aromatic rings. The molecular formula is C27H27F2N5O2. The maximum absolute atomic E-state index is 13.5. The van der Waals surface area contributed by atoms with E-state index in [-0.39, 0.29) is 5.56 Å². The molecule has 1 atom stereocenters. The molecule has 2 N–H and O–H groups in total. The number of halogens is 2. The molecule has 186 valence electrons. The molecule has 7 nitrogen and oxygen atoms in total. The van der Waals surface area contributed by atoms with Gasteiger partial charge in [0.15, 0.2) is 0 Å². The molecule has 1 saturated heterocycles. The third-order valence-corrected chi connectivity index (χ3v) is 6.51. The van der Waals surface area contributed by atoms with Gasteiger partial charge in [-0.25, -0.2) is 13.8 Å². The average molecular weight is 492 g/mol. The van der Waals surface area contributed by atoms with Gasteiger partial charge in [0, 0.05) is 43.4 Å². The number of aromatic amines is 1. The summed E-state index contributed by atoms with van der Waals surface area (Å²) in [6, 6.07) is 10.7. The topological polar surface area (TPSA) is 83.1 Å². The Morgan fingerprint density at radius 1 is 1.17 bits per heavy atom. The molecule has 0 spiro atoms. The smallest absolute Gasteiger partial charge is 0.258 e. The lowest BCUT2D eigenvalue weighted by molar-refractivity contribution is 0.355. The molecule has 1 aliphatic rings. The van der Waals surface area contributed by atoms with Crippen LogP contribution in [0.1, 0.15) is 24.7 Å². The van der Waals surface area contributed by atoms with Gasteiger partial charge in [0.25, 0.3) is 5.56 Å². The fourth-order valence-electron chi connectivity index (χ4n) is 4.63. The first kappa shape index (κ1) is 23.9. The summed E-state index contributed by atoms with van der Waals surface area (Å²) in [5.74, 6) is -0.219. The molecule has 3 heterocycles. The van der Waals surface area contributed by atoms with Crippen LogP contribution in [0.3, 0.4) is 0 Å². The van der Waals surface area contributed by atoms with Gasteiger partial charge >= 0.3 is 0 Å². The minimum absolute atomic E-state index is 0.252. The summed E-state index contributed by atoms with van der Waals surface area (Å²) in [6.45, 7) is 5.17. The third kappa shape index (κ3) is 5.06. The first-order chi connectivity index (χ1) is 17.4. The number of ether oxygens (including phenoxy) is 1. The van der Waals surface area contributed by atoms with Gasteiger partial charge in [-0.3, -0.25) is 9.78 Å². The Kier molecular flexibility index (Phi) is 6.65. The van der Waals surface area contributed by atoms with E-state index in [2.05, 4.69) is 32.1 Å². The summed E-state index contributed by atoms with van der Waals surface area (Å²) >= 11 is 0. The standard InChI is InChI=1S/C27H27F2N5O2/c1-3-34-7-6-20(15-34)31-24-13-23-21(12-25(24)36-2)27(35)33-26(32-23)8-16-4-5-22(30-14-16)17-9-18(28)11-19(29)10-17/h4-5,9-14,20,31H,3,6-8,15H2,1-2H3,(H,32,33,35)/t20-/m0/s1. The highest BCUT2D eigenvalue weighted by Gasteiger charge is 2.22. The van der Waals surface area contributed by atoms with Crippen molar-refractivity contribution in [1.82, 2.24) is 19.9 Å². The van der Waals surface area contributed by atoms with E-state index in [1.165, 1.54) is 12.1 Å². The van der Waals surface area contributed by atoms with Crippen LogP contribution < -0.4 is 15.6 Å². The number of likely N-dealkylation sites (N-methyl/N-ethyl adjacent to an activating group) is 1. The number of anilines is 1. The number of pyridine rings is 1. The summed E-state index contributed by atoms with van der Waals surface area (Å²) in [4.78, 5) is 27.1. The van der Waals surface area contributed by atoms with E-state index in [0.29, 0.717) is 46.2 Å². The van der Waals surface area contributed by atoms with E-state index in [0.717, 1.165) is 43.4 Å². The molecule has 36 heavy (non-hydrogen) atoms. The predicted octanol–water partition coefficient (Wildman–Crippen LogP) is 4.37. The maximum atomic E-state index is 13.5. The fraction of sp³-hybridized carbons (Fsp3) is 0.296. The van der Waals surface area contributed by atoms with Crippen LogP contribution in [0.4, 0.5) is 14.5 Å². The largest absolute Gasteiger partial charge is 0.495 e. The van der Waals surface area contributed by atoms with Crippen LogP contribution in [0.15, 0.2) is 53.5 Å². The number of hydrogen-bond donors (Lipinski definition) is 2. The van der Waals surface area contributed by atoms with Gasteiger partial charge in [0.1, 0.15) is 23.2 Å². The van der Waals surface area contributed by atoms with Crippen molar-refractivity contribution >= 4 is 16.6 Å². The number of fused-ring (bicyclic) bond motifs is 1. The molecular weight excluding hydrogens is 464 g/mol. The second-order valence-corrected chi connectivity index (χ2v) is 8.99. The Labute approximate surface area is 207 Å². The zero-order valence-electron chi connectivity index (χ0n) is 20.1. The zero-order valence-corrected chi connectivity index (χ0v) is 20.1. The molecule has 0 unspecified atom stereocenters. The number of benzene rings is 2. The van der Waals surface area contributed by atoms with E-state index in [9.17, 15) is 13.6 Å². The van der Waals surface area contributed by atoms with E-state index < -0.39 is 11.6 Å². The normalized spacial score (nSPS) is 15.9. The van der Waals surface area contributed by atoms with Gasteiger partial charge in [-0.1, -0.05) is 13.0 Å². The lowest BCUT2D eigenvalue weighted by Gasteiger charge is -2.18. The number of likely N-dealkylation sites (tertiary alicyclic amines) is 1. The second kappa shape index (κ2) is 10.0. The average Bonchev–Trinajstić information content (AvgIpc) is 3.31. The number of H-pyrrole nitrogens is 1. The summed E-state index contributed by atoms with van der Waals surface area (Å²) in [6.07, 6.45) is 3.00. The van der Waals surface area contributed by atoms with Crippen molar-refractivity contribution in [3.05, 3.63) is 82.0 Å². The SMILES string of the molecule is CCN1CC[C@H](Nc2cc3nc(Cc4ccc(-c5cc(F)cc(F)c5)nc4)[nH]c(=O)c3cc2OC)C1. The minimum atomic E-state index is -0.657. The highest BCUT2D eigenvalue weighted by molar-refractivity contribution is 5.85.